The van der Waals surface area contributed by atoms with Crippen molar-refractivity contribution in [1.82, 2.24) is 0 Å². The molecule has 0 bridgehead atoms. The minimum Gasteiger partial charge on any atom is -0.462 e. The molecule has 0 aliphatic heterocycles. The van der Waals surface area contributed by atoms with E-state index in [0.29, 0.717) is 25.7 Å². The van der Waals surface area contributed by atoms with E-state index in [0.717, 1.165) is 95.8 Å². The van der Waals surface area contributed by atoms with Gasteiger partial charge in [0.25, 0.3) is 0 Å². The molecule has 0 fully saturated rings. The second-order valence-electron chi connectivity index (χ2n) is 28.0. The second kappa shape index (κ2) is 70.1. The molecule has 0 saturated carbocycles. The van der Waals surface area contributed by atoms with E-state index in [1.807, 2.05) is 0 Å². The summed E-state index contributed by atoms with van der Waals surface area (Å²) in [6, 6.07) is 0. The summed E-state index contributed by atoms with van der Waals surface area (Å²) in [5.41, 5.74) is 0. The minimum absolute atomic E-state index is 0.108. The molecule has 17 nitrogen and oxygen atoms in total. The van der Waals surface area contributed by atoms with E-state index in [2.05, 4.69) is 34.6 Å². The zero-order valence-corrected chi connectivity index (χ0v) is 64.3. The van der Waals surface area contributed by atoms with E-state index in [-0.39, 0.29) is 25.7 Å². The lowest BCUT2D eigenvalue weighted by Crippen LogP contribution is -2.30. The Hall–Kier alpha value is -1.94. The number of phosphoric acid groups is 2. The van der Waals surface area contributed by atoms with E-state index in [4.69, 9.17) is 37.0 Å². The Morgan fingerprint density at radius 2 is 0.500 bits per heavy atom. The maximum Gasteiger partial charge on any atom is 0.472 e. The van der Waals surface area contributed by atoms with E-state index in [1.165, 1.54) is 231 Å². The Morgan fingerprint density at radius 3 is 0.740 bits per heavy atom. The average molecular weight is 1410 g/mol. The van der Waals surface area contributed by atoms with Crippen molar-refractivity contribution in [2.45, 2.75) is 425 Å². The molecule has 3 N–H and O–H groups in total. The van der Waals surface area contributed by atoms with Gasteiger partial charge in [-0.1, -0.05) is 356 Å². The van der Waals surface area contributed by atoms with Crippen LogP contribution in [0.1, 0.15) is 407 Å². The van der Waals surface area contributed by atoms with Crippen molar-refractivity contribution in [2.75, 3.05) is 39.6 Å². The lowest BCUT2D eigenvalue weighted by molar-refractivity contribution is -0.161. The molecule has 0 rings (SSSR count). The number of hydrogen-bond acceptors (Lipinski definition) is 15. The molecule has 96 heavy (non-hydrogen) atoms. The summed E-state index contributed by atoms with van der Waals surface area (Å²) in [4.78, 5) is 72.9. The molecular formula is C77H150O17P2. The van der Waals surface area contributed by atoms with Gasteiger partial charge >= 0.3 is 39.5 Å². The number of phosphoric ester groups is 2. The van der Waals surface area contributed by atoms with Crippen molar-refractivity contribution in [3.05, 3.63) is 0 Å². The molecule has 0 spiro atoms. The molecule has 6 atom stereocenters. The maximum atomic E-state index is 13.1. The van der Waals surface area contributed by atoms with Gasteiger partial charge in [0, 0.05) is 25.7 Å². The monoisotopic (exact) mass is 1410 g/mol. The van der Waals surface area contributed by atoms with Crippen LogP contribution in [0.25, 0.3) is 0 Å². The number of hydrogen-bond donors (Lipinski definition) is 3. The summed E-state index contributed by atoms with van der Waals surface area (Å²) in [7, 11) is -9.91. The molecule has 0 aliphatic carbocycles. The first-order valence-corrected chi connectivity index (χ1v) is 43.2. The molecule has 3 unspecified atom stereocenters. The van der Waals surface area contributed by atoms with Crippen LogP contribution in [0.4, 0.5) is 0 Å². The Balaban J connectivity index is 5.26. The van der Waals surface area contributed by atoms with Crippen molar-refractivity contribution in [2.24, 2.45) is 5.92 Å². The van der Waals surface area contributed by atoms with Gasteiger partial charge in [-0.3, -0.25) is 37.3 Å². The number of unbranched alkanes of at least 4 members (excludes halogenated alkanes) is 48. The zero-order chi connectivity index (χ0) is 70.5. The van der Waals surface area contributed by atoms with Crippen molar-refractivity contribution in [1.29, 1.82) is 0 Å². The van der Waals surface area contributed by atoms with Crippen molar-refractivity contribution in [3.8, 4) is 0 Å². The highest BCUT2D eigenvalue weighted by atomic mass is 31.2. The lowest BCUT2D eigenvalue weighted by atomic mass is 9.99. The third-order valence-electron chi connectivity index (χ3n) is 18.4. The van der Waals surface area contributed by atoms with Crippen LogP contribution < -0.4 is 0 Å². The van der Waals surface area contributed by atoms with Gasteiger partial charge in [-0.15, -0.1) is 0 Å². The van der Waals surface area contributed by atoms with Crippen LogP contribution in [-0.2, 0) is 65.4 Å². The smallest absolute Gasteiger partial charge is 0.462 e. The van der Waals surface area contributed by atoms with Gasteiger partial charge in [-0.25, -0.2) is 9.13 Å². The number of esters is 4. The highest BCUT2D eigenvalue weighted by Crippen LogP contribution is 2.45. The van der Waals surface area contributed by atoms with Crippen LogP contribution in [-0.4, -0.2) is 96.7 Å². The third-order valence-corrected chi connectivity index (χ3v) is 20.3. The van der Waals surface area contributed by atoms with E-state index < -0.39 is 97.5 Å². The van der Waals surface area contributed by atoms with Gasteiger partial charge in [0.05, 0.1) is 26.4 Å². The van der Waals surface area contributed by atoms with Crippen molar-refractivity contribution >= 4 is 39.5 Å². The van der Waals surface area contributed by atoms with Crippen molar-refractivity contribution < 1.29 is 80.2 Å². The number of rotatable bonds is 77. The van der Waals surface area contributed by atoms with Crippen molar-refractivity contribution in [3.63, 3.8) is 0 Å². The van der Waals surface area contributed by atoms with Crippen LogP contribution in [0.15, 0.2) is 0 Å². The number of carbonyl (C=O) groups excluding carboxylic acids is 4. The molecule has 0 heterocycles. The summed E-state index contributed by atoms with van der Waals surface area (Å²) in [6.07, 6.45) is 59.4. The average Bonchev–Trinajstić information content (AvgIpc) is 1.76. The van der Waals surface area contributed by atoms with E-state index in [1.54, 1.807) is 0 Å². The number of aliphatic hydroxyl groups excluding tert-OH is 1. The summed E-state index contributed by atoms with van der Waals surface area (Å²) < 4.78 is 68.6. The SMILES string of the molecule is CCCCCCCCCCCCCCCCCCCC(=O)O[C@H](COC(=O)CCCCCCCCCCCCC(C)CC)COP(=O)(O)OC[C@@H](O)COP(=O)(O)OC[C@@H](COC(=O)CCCCCCCCCCCCC)OC(=O)CCCCCCCCCCCCCCCC. The molecule has 0 aromatic carbocycles. The molecule has 0 saturated heterocycles. The molecule has 19 heteroatoms. The van der Waals surface area contributed by atoms with Crippen LogP contribution in [0.2, 0.25) is 0 Å². The Morgan fingerprint density at radius 1 is 0.292 bits per heavy atom. The van der Waals surface area contributed by atoms with Crippen LogP contribution in [0.3, 0.4) is 0 Å². The molecule has 0 aromatic heterocycles. The van der Waals surface area contributed by atoms with Gasteiger partial charge in [0.2, 0.25) is 0 Å². The van der Waals surface area contributed by atoms with E-state index in [9.17, 15) is 43.2 Å². The van der Waals surface area contributed by atoms with Gasteiger partial charge in [0.1, 0.15) is 19.3 Å². The largest absolute Gasteiger partial charge is 0.472 e. The highest BCUT2D eigenvalue weighted by Gasteiger charge is 2.30. The fourth-order valence-electron chi connectivity index (χ4n) is 11.8. The normalized spacial score (nSPS) is 14.2. The molecule has 0 radical (unpaired) electrons. The maximum absolute atomic E-state index is 13.1. The van der Waals surface area contributed by atoms with Crippen LogP contribution in [0.5, 0.6) is 0 Å². The Bertz CT molecular complexity index is 1840. The quantitative estimate of drug-likeness (QED) is 0.0222. The molecule has 0 aromatic rings. The molecular weight excluding hydrogens is 1260 g/mol. The number of aliphatic hydroxyl groups is 1. The van der Waals surface area contributed by atoms with Gasteiger partial charge < -0.3 is 33.8 Å². The van der Waals surface area contributed by atoms with E-state index >= 15 is 0 Å². The number of ether oxygens (including phenoxy) is 4. The third kappa shape index (κ3) is 69.2. The summed E-state index contributed by atoms with van der Waals surface area (Å²) in [5.74, 6) is -1.30. The Labute approximate surface area is 588 Å². The summed E-state index contributed by atoms with van der Waals surface area (Å²) in [5, 5.41) is 10.6. The molecule has 0 aliphatic rings. The Kier molecular flexibility index (Phi) is 68.7. The fraction of sp³-hybridized carbons (Fsp3) is 0.948. The lowest BCUT2D eigenvalue weighted by Gasteiger charge is -2.21. The first kappa shape index (κ1) is 94.1. The van der Waals surface area contributed by atoms with Crippen LogP contribution in [0, 0.1) is 5.92 Å². The van der Waals surface area contributed by atoms with Gasteiger partial charge in [-0.2, -0.15) is 0 Å². The highest BCUT2D eigenvalue weighted by molar-refractivity contribution is 7.47. The topological polar surface area (TPSA) is 237 Å². The van der Waals surface area contributed by atoms with Gasteiger partial charge in [-0.05, 0) is 31.6 Å². The molecule has 570 valence electrons. The number of carbonyl (C=O) groups is 4. The molecule has 0 amide bonds. The second-order valence-corrected chi connectivity index (χ2v) is 30.9. The first-order chi connectivity index (χ1) is 46.6. The van der Waals surface area contributed by atoms with Gasteiger partial charge in [0.15, 0.2) is 12.2 Å². The predicted molar refractivity (Wildman–Crippen MR) is 391 cm³/mol. The minimum atomic E-state index is -4.96. The standard InChI is InChI=1S/C77H150O17P2/c1-6-10-13-16-19-22-25-27-29-30-31-33-36-43-48-53-58-63-77(82)94-73(67-88-75(80)61-56-51-46-41-38-37-39-44-49-54-59-70(5)9-4)69-92-96(85,86)90-65-71(78)64-89-95(83,84)91-68-72(66-87-74(79)60-55-50-45-40-34-24-21-18-15-12-8-3)93-76(81)62-57-52-47-42-35-32-28-26-23-20-17-14-11-7-2/h70-73,78H,6-69H2,1-5H3,(H,83,84)(H,85,86)/t70?,71-,72+,73+/m0/s1. The summed E-state index contributed by atoms with van der Waals surface area (Å²) in [6.45, 7) is 7.34. The zero-order valence-electron chi connectivity index (χ0n) is 62.5. The van der Waals surface area contributed by atoms with Crippen LogP contribution >= 0.6 is 15.6 Å². The predicted octanol–water partition coefficient (Wildman–Crippen LogP) is 22.9. The summed E-state index contributed by atoms with van der Waals surface area (Å²) >= 11 is 0. The fourth-order valence-corrected chi connectivity index (χ4v) is 13.4. The first-order valence-electron chi connectivity index (χ1n) is 40.2.